The van der Waals surface area contributed by atoms with Crippen LogP contribution in [0.2, 0.25) is 0 Å². The van der Waals surface area contributed by atoms with E-state index < -0.39 is 0 Å². The molecule has 0 aliphatic heterocycles. The van der Waals surface area contributed by atoms with Crippen LogP contribution in [0.15, 0.2) is 64.4 Å². The van der Waals surface area contributed by atoms with Crippen LogP contribution in [0, 0.1) is 0 Å². The third kappa shape index (κ3) is 2.64. The molecule has 0 saturated carbocycles. The standard InChI is InChI=1S/C16H14BrN3O/c17-12-6-4-11(5-7-12)10-20-9-8-13-14(16(18)19-21)2-1-3-15(13)20/h1-9,21H,10H2,(H2,18,19). The molecule has 1 aromatic heterocycles. The summed E-state index contributed by atoms with van der Waals surface area (Å²) < 4.78 is 3.21. The number of benzene rings is 2. The lowest BCUT2D eigenvalue weighted by Crippen LogP contribution is -2.13. The molecule has 0 unspecified atom stereocenters. The molecule has 3 rings (SSSR count). The van der Waals surface area contributed by atoms with Crippen LogP contribution in [0.1, 0.15) is 11.1 Å². The van der Waals surface area contributed by atoms with Gasteiger partial charge in [-0.3, -0.25) is 0 Å². The Hall–Kier alpha value is -2.27. The number of hydrogen-bond acceptors (Lipinski definition) is 2. The number of nitrogens with zero attached hydrogens (tertiary/aromatic N) is 2. The van der Waals surface area contributed by atoms with E-state index >= 15 is 0 Å². The van der Waals surface area contributed by atoms with Crippen molar-refractivity contribution in [3.63, 3.8) is 0 Å². The van der Waals surface area contributed by atoms with Gasteiger partial charge >= 0.3 is 0 Å². The first-order valence-electron chi connectivity index (χ1n) is 6.49. The normalized spacial score (nSPS) is 12.0. The first kappa shape index (κ1) is 13.7. The van der Waals surface area contributed by atoms with Crippen molar-refractivity contribution in [1.29, 1.82) is 0 Å². The van der Waals surface area contributed by atoms with Crippen molar-refractivity contribution < 1.29 is 5.21 Å². The van der Waals surface area contributed by atoms with Gasteiger partial charge in [-0.1, -0.05) is 45.4 Å². The molecule has 5 heteroatoms. The molecule has 106 valence electrons. The Morgan fingerprint density at radius 2 is 1.90 bits per heavy atom. The highest BCUT2D eigenvalue weighted by atomic mass is 79.9. The Balaban J connectivity index is 2.03. The second-order valence-corrected chi connectivity index (χ2v) is 5.71. The number of halogens is 1. The van der Waals surface area contributed by atoms with Gasteiger partial charge in [0, 0.05) is 33.7 Å². The van der Waals surface area contributed by atoms with Gasteiger partial charge in [0.15, 0.2) is 5.84 Å². The highest BCUT2D eigenvalue weighted by Crippen LogP contribution is 2.21. The van der Waals surface area contributed by atoms with Crippen molar-refractivity contribution in [2.24, 2.45) is 10.9 Å². The highest BCUT2D eigenvalue weighted by Gasteiger charge is 2.09. The van der Waals surface area contributed by atoms with E-state index in [1.807, 2.05) is 42.6 Å². The van der Waals surface area contributed by atoms with Crippen molar-refractivity contribution in [3.8, 4) is 0 Å². The predicted octanol–water partition coefficient (Wildman–Crippen LogP) is 3.55. The van der Waals surface area contributed by atoms with E-state index in [1.165, 1.54) is 5.56 Å². The number of oxime groups is 1. The molecule has 21 heavy (non-hydrogen) atoms. The SMILES string of the molecule is N/C(=N/O)c1cccc2c1ccn2Cc1ccc(Br)cc1. The summed E-state index contributed by atoms with van der Waals surface area (Å²) in [5.74, 6) is 0.127. The van der Waals surface area contributed by atoms with E-state index in [-0.39, 0.29) is 5.84 Å². The van der Waals surface area contributed by atoms with Crippen LogP contribution in [0.3, 0.4) is 0 Å². The zero-order valence-corrected chi connectivity index (χ0v) is 12.8. The average molecular weight is 344 g/mol. The minimum Gasteiger partial charge on any atom is -0.409 e. The van der Waals surface area contributed by atoms with Gasteiger partial charge in [-0.15, -0.1) is 0 Å². The molecule has 4 nitrogen and oxygen atoms in total. The first-order valence-corrected chi connectivity index (χ1v) is 7.28. The van der Waals surface area contributed by atoms with E-state index in [4.69, 9.17) is 10.9 Å². The van der Waals surface area contributed by atoms with E-state index in [1.54, 1.807) is 0 Å². The summed E-state index contributed by atoms with van der Waals surface area (Å²) in [6.07, 6.45) is 2.01. The third-order valence-corrected chi connectivity index (χ3v) is 3.99. The quantitative estimate of drug-likeness (QED) is 0.330. The van der Waals surface area contributed by atoms with Gasteiger partial charge in [0.05, 0.1) is 0 Å². The molecule has 3 N–H and O–H groups in total. The molecule has 0 bridgehead atoms. The average Bonchev–Trinajstić information content (AvgIpc) is 2.92. The monoisotopic (exact) mass is 343 g/mol. The molecule has 0 amide bonds. The Morgan fingerprint density at radius 3 is 2.62 bits per heavy atom. The molecular weight excluding hydrogens is 330 g/mol. The van der Waals surface area contributed by atoms with Gasteiger partial charge in [-0.2, -0.15) is 0 Å². The van der Waals surface area contributed by atoms with Gasteiger partial charge in [0.25, 0.3) is 0 Å². The Morgan fingerprint density at radius 1 is 1.14 bits per heavy atom. The van der Waals surface area contributed by atoms with Gasteiger partial charge in [0.1, 0.15) is 0 Å². The van der Waals surface area contributed by atoms with Crippen LogP contribution < -0.4 is 5.73 Å². The number of amidine groups is 1. The fourth-order valence-electron chi connectivity index (χ4n) is 2.43. The lowest BCUT2D eigenvalue weighted by molar-refractivity contribution is 0.318. The minimum absolute atomic E-state index is 0.127. The summed E-state index contributed by atoms with van der Waals surface area (Å²) in [5.41, 5.74) is 8.73. The molecule has 0 aliphatic carbocycles. The zero-order valence-electron chi connectivity index (χ0n) is 11.2. The van der Waals surface area contributed by atoms with E-state index in [0.29, 0.717) is 0 Å². The molecule has 0 aliphatic rings. The van der Waals surface area contributed by atoms with Crippen LogP contribution in [0.25, 0.3) is 10.9 Å². The second kappa shape index (κ2) is 5.61. The van der Waals surface area contributed by atoms with Crippen molar-refractivity contribution >= 4 is 32.7 Å². The maximum Gasteiger partial charge on any atom is 0.170 e. The third-order valence-electron chi connectivity index (χ3n) is 3.46. The maximum absolute atomic E-state index is 8.87. The summed E-state index contributed by atoms with van der Waals surface area (Å²) in [6.45, 7) is 0.774. The first-order chi connectivity index (χ1) is 10.2. The summed E-state index contributed by atoms with van der Waals surface area (Å²) >= 11 is 3.44. The van der Waals surface area contributed by atoms with E-state index in [0.717, 1.165) is 27.5 Å². The maximum atomic E-state index is 8.87. The van der Waals surface area contributed by atoms with Gasteiger partial charge in [0.2, 0.25) is 0 Å². The number of hydrogen-bond donors (Lipinski definition) is 2. The Kier molecular flexibility index (Phi) is 3.66. The largest absolute Gasteiger partial charge is 0.409 e. The molecule has 0 radical (unpaired) electrons. The molecule has 0 atom stereocenters. The number of aromatic nitrogens is 1. The van der Waals surface area contributed by atoms with Crippen molar-refractivity contribution in [2.75, 3.05) is 0 Å². The number of nitrogens with two attached hydrogens (primary N) is 1. The molecule has 0 fully saturated rings. The second-order valence-electron chi connectivity index (χ2n) is 4.79. The molecule has 1 heterocycles. The van der Waals surface area contributed by atoms with Gasteiger partial charge in [-0.05, 0) is 29.8 Å². The topological polar surface area (TPSA) is 63.5 Å². The smallest absolute Gasteiger partial charge is 0.170 e. The number of fused-ring (bicyclic) bond motifs is 1. The van der Waals surface area contributed by atoms with Crippen molar-refractivity contribution in [1.82, 2.24) is 4.57 Å². The van der Waals surface area contributed by atoms with Gasteiger partial charge in [-0.25, -0.2) is 0 Å². The predicted molar refractivity (Wildman–Crippen MR) is 87.7 cm³/mol. The minimum atomic E-state index is 0.127. The Labute approximate surface area is 130 Å². The van der Waals surface area contributed by atoms with Gasteiger partial charge < -0.3 is 15.5 Å². The summed E-state index contributed by atoms with van der Waals surface area (Å²) in [5, 5.41) is 12.9. The fraction of sp³-hybridized carbons (Fsp3) is 0.0625. The van der Waals surface area contributed by atoms with Crippen LogP contribution in [0.4, 0.5) is 0 Å². The van der Waals surface area contributed by atoms with Crippen LogP contribution in [0.5, 0.6) is 0 Å². The van der Waals surface area contributed by atoms with Crippen LogP contribution >= 0.6 is 15.9 Å². The van der Waals surface area contributed by atoms with Crippen molar-refractivity contribution in [3.05, 3.63) is 70.3 Å². The summed E-state index contributed by atoms with van der Waals surface area (Å²) in [4.78, 5) is 0. The zero-order chi connectivity index (χ0) is 14.8. The fourth-order valence-corrected chi connectivity index (χ4v) is 2.69. The van der Waals surface area contributed by atoms with Crippen LogP contribution in [-0.2, 0) is 6.54 Å². The lowest BCUT2D eigenvalue weighted by atomic mass is 10.1. The molecular formula is C16H14BrN3O. The lowest BCUT2D eigenvalue weighted by Gasteiger charge is -2.07. The Bertz CT molecular complexity index is 806. The molecule has 2 aromatic carbocycles. The number of rotatable bonds is 3. The van der Waals surface area contributed by atoms with E-state index in [9.17, 15) is 0 Å². The van der Waals surface area contributed by atoms with E-state index in [2.05, 4.69) is 37.8 Å². The summed E-state index contributed by atoms with van der Waals surface area (Å²) in [7, 11) is 0. The molecule has 0 saturated heterocycles. The molecule has 3 aromatic rings. The van der Waals surface area contributed by atoms with Crippen molar-refractivity contribution in [2.45, 2.75) is 6.54 Å². The molecule has 0 spiro atoms. The summed E-state index contributed by atoms with van der Waals surface area (Å²) in [6, 6.07) is 16.0. The van der Waals surface area contributed by atoms with Crippen LogP contribution in [-0.4, -0.2) is 15.6 Å². The highest BCUT2D eigenvalue weighted by molar-refractivity contribution is 9.10.